The number of Topliss-reactive ketones (excluding diaryl/α,β-unsaturated/α-hetero) is 1. The number of hydrogen-bond donors (Lipinski definition) is 2. The van der Waals surface area contributed by atoms with Crippen molar-refractivity contribution in [1.29, 1.82) is 0 Å². The van der Waals surface area contributed by atoms with Crippen LogP contribution in [0.25, 0.3) is 0 Å². The van der Waals surface area contributed by atoms with Gasteiger partial charge in [0.1, 0.15) is 11.5 Å². The van der Waals surface area contributed by atoms with Crippen LogP contribution in [0.5, 0.6) is 5.75 Å². The van der Waals surface area contributed by atoms with Crippen LogP contribution in [0.1, 0.15) is 39.7 Å². The normalized spacial score (nSPS) is 37.1. The van der Waals surface area contributed by atoms with Crippen molar-refractivity contribution in [3.8, 4) is 5.75 Å². The van der Waals surface area contributed by atoms with Crippen molar-refractivity contribution in [2.75, 3.05) is 0 Å². The fourth-order valence-corrected chi connectivity index (χ4v) is 5.67. The first-order valence-electron chi connectivity index (χ1n) is 12.2. The van der Waals surface area contributed by atoms with Gasteiger partial charge in [-0.05, 0) is 49.5 Å². The number of aromatic hydroxyl groups is 1. The second kappa shape index (κ2) is 9.72. The summed E-state index contributed by atoms with van der Waals surface area (Å²) >= 11 is 0. The molecule has 3 aliphatic rings. The van der Waals surface area contributed by atoms with Gasteiger partial charge in [-0.3, -0.25) is 9.59 Å². The highest BCUT2D eigenvalue weighted by atomic mass is 16.7. The number of phenols is 1. The number of ketones is 1. The third kappa shape index (κ3) is 4.64. The van der Waals surface area contributed by atoms with Crippen LogP contribution in [0.3, 0.4) is 0 Å². The molecule has 0 saturated carbocycles. The molecular formula is C28H33NO6. The van der Waals surface area contributed by atoms with Gasteiger partial charge in [-0.15, -0.1) is 0 Å². The van der Waals surface area contributed by atoms with Gasteiger partial charge >= 0.3 is 6.16 Å². The quantitative estimate of drug-likeness (QED) is 0.479. The van der Waals surface area contributed by atoms with Crippen molar-refractivity contribution in [2.45, 2.75) is 52.2 Å². The monoisotopic (exact) mass is 479 g/mol. The molecular weight excluding hydrogens is 446 g/mol. The van der Waals surface area contributed by atoms with Gasteiger partial charge in [-0.25, -0.2) is 4.79 Å². The molecule has 1 saturated heterocycles. The van der Waals surface area contributed by atoms with E-state index in [2.05, 4.69) is 5.32 Å². The maximum absolute atomic E-state index is 13.7. The molecule has 2 N–H and O–H groups in total. The molecule has 1 aliphatic carbocycles. The van der Waals surface area contributed by atoms with Gasteiger partial charge in [0.25, 0.3) is 5.91 Å². The molecule has 1 fully saturated rings. The highest BCUT2D eigenvalue weighted by Crippen LogP contribution is 2.50. The van der Waals surface area contributed by atoms with Crippen LogP contribution < -0.4 is 5.32 Å². The van der Waals surface area contributed by atoms with Crippen molar-refractivity contribution < 1.29 is 29.0 Å². The molecule has 1 spiro atoms. The zero-order valence-corrected chi connectivity index (χ0v) is 20.6. The van der Waals surface area contributed by atoms with Crippen LogP contribution in [0.4, 0.5) is 4.79 Å². The highest BCUT2D eigenvalue weighted by Gasteiger charge is 2.64. The molecule has 0 bridgehead atoms. The summed E-state index contributed by atoms with van der Waals surface area (Å²) in [6.45, 7) is 7.70. The van der Waals surface area contributed by atoms with Crippen molar-refractivity contribution in [2.24, 2.45) is 29.6 Å². The zero-order valence-electron chi connectivity index (χ0n) is 20.6. The van der Waals surface area contributed by atoms with Crippen molar-refractivity contribution >= 4 is 17.8 Å². The number of cyclic esters (lactones) is 1. The Balaban J connectivity index is 1.76. The molecule has 7 atom stereocenters. The molecule has 0 unspecified atom stereocenters. The van der Waals surface area contributed by atoms with E-state index >= 15 is 0 Å². The number of carbonyl (C=O) groups excluding carboxylic acids is 3. The molecule has 0 aromatic heterocycles. The third-order valence-corrected chi connectivity index (χ3v) is 7.74. The van der Waals surface area contributed by atoms with Gasteiger partial charge in [0.05, 0.1) is 6.26 Å². The lowest BCUT2D eigenvalue weighted by molar-refractivity contribution is -0.147. The lowest BCUT2D eigenvalue weighted by atomic mass is 9.63. The molecule has 7 heteroatoms. The van der Waals surface area contributed by atoms with Gasteiger partial charge in [0, 0.05) is 29.7 Å². The van der Waals surface area contributed by atoms with Gasteiger partial charge in [-0.2, -0.15) is 0 Å². The smallest absolute Gasteiger partial charge is 0.508 e. The minimum atomic E-state index is -1.48. The fraction of sp³-hybridized carbons (Fsp3) is 0.464. The summed E-state index contributed by atoms with van der Waals surface area (Å²) < 4.78 is 11.1. The van der Waals surface area contributed by atoms with Gasteiger partial charge < -0.3 is 19.9 Å². The molecule has 1 aromatic carbocycles. The first kappa shape index (κ1) is 24.8. The van der Waals surface area contributed by atoms with E-state index in [0.717, 1.165) is 11.1 Å². The second-order valence-corrected chi connectivity index (χ2v) is 10.0. The first-order valence-corrected chi connectivity index (χ1v) is 12.2. The molecule has 2 aliphatic heterocycles. The van der Waals surface area contributed by atoms with Crippen LogP contribution in [0.2, 0.25) is 0 Å². The lowest BCUT2D eigenvalue weighted by Crippen LogP contribution is -2.56. The summed E-state index contributed by atoms with van der Waals surface area (Å²) in [6, 6.07) is 6.59. The van der Waals surface area contributed by atoms with E-state index in [-0.39, 0.29) is 41.2 Å². The standard InChI is InChI=1S/C28H33NO6/c1-16-6-5-7-21-14-18(3)19(4)24-23(15-20-8-10-22(30)11-9-20)29-26(32)28(21,24)35-27(33)34-13-12-17(2)25(16)31/h5,7-14,16-17,19,21,23-24,30H,6,15H2,1-4H3,(H,29,32)/b7-5-,13-12-/t16-,17+,19+,21-,23-,24-,28+/m0/s1. The molecule has 186 valence electrons. The highest BCUT2D eigenvalue weighted by molar-refractivity contribution is 5.92. The van der Waals surface area contributed by atoms with Gasteiger partial charge in [0.15, 0.2) is 0 Å². The number of benzene rings is 1. The van der Waals surface area contributed by atoms with Crippen molar-refractivity contribution in [3.63, 3.8) is 0 Å². The number of allylic oxidation sites excluding steroid dienone is 3. The predicted molar refractivity (Wildman–Crippen MR) is 130 cm³/mol. The Labute approximate surface area is 205 Å². The Hall–Kier alpha value is -3.35. The number of rotatable bonds is 2. The predicted octanol–water partition coefficient (Wildman–Crippen LogP) is 4.47. The lowest BCUT2D eigenvalue weighted by Gasteiger charge is -2.44. The Kier molecular flexibility index (Phi) is 6.88. The Morgan fingerprint density at radius 2 is 1.80 bits per heavy atom. The average Bonchev–Trinajstić information content (AvgIpc) is 3.09. The maximum Gasteiger partial charge on any atom is 0.514 e. The Morgan fingerprint density at radius 3 is 2.51 bits per heavy atom. The number of amides is 1. The van der Waals surface area contributed by atoms with E-state index in [4.69, 9.17) is 9.47 Å². The number of nitrogens with one attached hydrogen (secondary N) is 1. The van der Waals surface area contributed by atoms with Crippen molar-refractivity contribution in [3.05, 3.63) is 66.0 Å². The summed E-state index contributed by atoms with van der Waals surface area (Å²) in [6.07, 6.45) is 8.56. The minimum Gasteiger partial charge on any atom is -0.508 e. The van der Waals surface area contributed by atoms with E-state index in [1.54, 1.807) is 19.1 Å². The van der Waals surface area contributed by atoms with Crippen molar-refractivity contribution in [1.82, 2.24) is 5.32 Å². The zero-order chi connectivity index (χ0) is 25.3. The topological polar surface area (TPSA) is 102 Å². The van der Waals surface area contributed by atoms with E-state index < -0.39 is 23.6 Å². The molecule has 2 heterocycles. The largest absolute Gasteiger partial charge is 0.514 e. The Bertz CT molecular complexity index is 1090. The van der Waals surface area contributed by atoms with Crippen LogP contribution in [0.15, 0.2) is 60.4 Å². The van der Waals surface area contributed by atoms with Crippen LogP contribution in [0, 0.1) is 29.6 Å². The molecule has 7 nitrogen and oxygen atoms in total. The third-order valence-electron chi connectivity index (χ3n) is 7.74. The molecule has 1 amide bonds. The number of ether oxygens (including phenoxy) is 2. The van der Waals surface area contributed by atoms with Crippen LogP contribution in [-0.4, -0.2) is 34.6 Å². The van der Waals surface area contributed by atoms with E-state index in [1.165, 1.54) is 12.3 Å². The van der Waals surface area contributed by atoms with Crippen LogP contribution in [-0.2, 0) is 25.5 Å². The Morgan fingerprint density at radius 1 is 1.09 bits per heavy atom. The number of phenolic OH excluding ortho intramolecular Hbond substituents is 1. The second-order valence-electron chi connectivity index (χ2n) is 10.0. The summed E-state index contributed by atoms with van der Waals surface area (Å²) in [5, 5.41) is 12.7. The maximum atomic E-state index is 13.7. The molecule has 0 radical (unpaired) electrons. The molecule has 1 aromatic rings. The number of hydrogen-bond acceptors (Lipinski definition) is 6. The summed E-state index contributed by atoms with van der Waals surface area (Å²) in [5.41, 5.74) is 0.578. The van der Waals surface area contributed by atoms with Gasteiger partial charge in [-0.1, -0.05) is 56.7 Å². The number of carbonyl (C=O) groups is 3. The van der Waals surface area contributed by atoms with Crippen LogP contribution >= 0.6 is 0 Å². The summed E-state index contributed by atoms with van der Waals surface area (Å²) in [5.74, 6) is -1.66. The summed E-state index contributed by atoms with van der Waals surface area (Å²) in [7, 11) is 0. The summed E-state index contributed by atoms with van der Waals surface area (Å²) in [4.78, 5) is 39.1. The fourth-order valence-electron chi connectivity index (χ4n) is 5.67. The SMILES string of the molecule is CC1=C[C@@H]2/C=C\C[C@H](C)C(=O)[C@H](C)/C=C\OC(=O)O[C@]23C(=O)N[C@@H](Cc2ccc(O)cc2)[C@@H]3[C@@H]1C. The molecule has 4 rings (SSSR count). The van der Waals surface area contributed by atoms with E-state index in [0.29, 0.717) is 12.8 Å². The molecule has 35 heavy (non-hydrogen) atoms. The average molecular weight is 480 g/mol. The van der Waals surface area contributed by atoms with E-state index in [9.17, 15) is 19.5 Å². The van der Waals surface area contributed by atoms with E-state index in [1.807, 2.05) is 51.1 Å². The minimum absolute atomic E-state index is 0.0414. The first-order chi connectivity index (χ1) is 16.6. The van der Waals surface area contributed by atoms with Gasteiger partial charge in [0.2, 0.25) is 5.60 Å².